The van der Waals surface area contributed by atoms with Gasteiger partial charge < -0.3 is 10.2 Å². The minimum atomic E-state index is -1.14. The highest BCUT2D eigenvalue weighted by atomic mass is 32.2. The monoisotopic (exact) mass is 237 g/mol. The molecular formula is C7H11NO4S2. The molecule has 1 aliphatic rings. The maximum atomic E-state index is 11.0. The lowest BCUT2D eigenvalue weighted by Gasteiger charge is -2.22. The van der Waals surface area contributed by atoms with Crippen molar-refractivity contribution in [3.05, 3.63) is 0 Å². The van der Waals surface area contributed by atoms with Gasteiger partial charge in [-0.15, -0.1) is 11.8 Å². The smallest absolute Gasteiger partial charge is 0.335 e. The molecule has 0 saturated carbocycles. The predicted octanol–water partition coefficient (Wildman–Crippen LogP) is -0.0801. The van der Waals surface area contributed by atoms with Crippen LogP contribution in [0, 0.1) is 0 Å². The number of nitrogens with one attached hydrogen (secondary N) is 1. The molecule has 0 radical (unpaired) electrons. The molecule has 14 heavy (non-hydrogen) atoms. The standard InChI is InChI=1S/C7H11NO4S2/c1-13-3-7(6(11)12)8-4(2-14-7)5(9)10/h4,8H,2-3H2,1H3,(H,9,10)(H,11,12)/t4-,7?/m0/s1. The topological polar surface area (TPSA) is 86.6 Å². The summed E-state index contributed by atoms with van der Waals surface area (Å²) in [7, 11) is 0. The Balaban J connectivity index is 2.74. The summed E-state index contributed by atoms with van der Waals surface area (Å²) in [5, 5.41) is 20.4. The van der Waals surface area contributed by atoms with E-state index in [9.17, 15) is 9.59 Å². The van der Waals surface area contributed by atoms with Gasteiger partial charge >= 0.3 is 11.9 Å². The van der Waals surface area contributed by atoms with Crippen LogP contribution < -0.4 is 5.32 Å². The van der Waals surface area contributed by atoms with Crippen molar-refractivity contribution in [2.75, 3.05) is 17.8 Å². The number of hydrogen-bond donors (Lipinski definition) is 3. The first-order valence-corrected chi connectivity index (χ1v) is 6.26. The number of rotatable bonds is 4. The largest absolute Gasteiger partial charge is 0.480 e. The Morgan fingerprint density at radius 3 is 2.64 bits per heavy atom. The van der Waals surface area contributed by atoms with E-state index in [1.165, 1.54) is 11.8 Å². The third-order valence-corrected chi connectivity index (χ3v) is 4.23. The van der Waals surface area contributed by atoms with E-state index in [0.717, 1.165) is 11.8 Å². The van der Waals surface area contributed by atoms with Crippen LogP contribution >= 0.6 is 23.5 Å². The van der Waals surface area contributed by atoms with Gasteiger partial charge in [-0.25, -0.2) is 4.79 Å². The zero-order valence-corrected chi connectivity index (χ0v) is 9.15. The highest BCUT2D eigenvalue weighted by Gasteiger charge is 2.47. The van der Waals surface area contributed by atoms with E-state index < -0.39 is 22.9 Å². The Bertz CT molecular complexity index is 260. The molecule has 1 rings (SSSR count). The fourth-order valence-corrected chi connectivity index (χ4v) is 3.52. The van der Waals surface area contributed by atoms with Crippen molar-refractivity contribution in [1.29, 1.82) is 0 Å². The lowest BCUT2D eigenvalue weighted by atomic mass is 10.2. The Labute approximate surface area is 89.6 Å². The van der Waals surface area contributed by atoms with Crippen molar-refractivity contribution in [3.8, 4) is 0 Å². The molecule has 1 aliphatic heterocycles. The third-order valence-electron chi connectivity index (χ3n) is 1.89. The zero-order chi connectivity index (χ0) is 10.8. The Hall–Kier alpha value is -0.400. The van der Waals surface area contributed by atoms with Crippen LogP contribution in [-0.2, 0) is 9.59 Å². The van der Waals surface area contributed by atoms with Crippen LogP contribution in [0.15, 0.2) is 0 Å². The second kappa shape index (κ2) is 4.41. The van der Waals surface area contributed by atoms with Crippen molar-refractivity contribution in [1.82, 2.24) is 5.32 Å². The van der Waals surface area contributed by atoms with Gasteiger partial charge in [-0.2, -0.15) is 11.8 Å². The summed E-state index contributed by atoms with van der Waals surface area (Å²) in [6, 6.07) is -0.761. The first kappa shape index (κ1) is 11.7. The molecule has 0 spiro atoms. The Kier molecular flexibility index (Phi) is 3.68. The SMILES string of the molecule is CSCC1(C(=O)O)N[C@H](C(=O)O)CS1. The van der Waals surface area contributed by atoms with E-state index in [4.69, 9.17) is 10.2 Å². The molecule has 0 aromatic rings. The average Bonchev–Trinajstić information content (AvgIpc) is 2.50. The summed E-state index contributed by atoms with van der Waals surface area (Å²) in [5.74, 6) is -1.35. The zero-order valence-electron chi connectivity index (χ0n) is 7.52. The summed E-state index contributed by atoms with van der Waals surface area (Å²) in [4.78, 5) is 20.5. The minimum Gasteiger partial charge on any atom is -0.480 e. The normalized spacial score (nSPS) is 31.6. The lowest BCUT2D eigenvalue weighted by Crippen LogP contribution is -2.52. The molecular weight excluding hydrogens is 226 g/mol. The van der Waals surface area contributed by atoms with E-state index >= 15 is 0 Å². The summed E-state index contributed by atoms with van der Waals surface area (Å²) < 4.78 is 0. The molecule has 0 amide bonds. The van der Waals surface area contributed by atoms with Crippen molar-refractivity contribution in [2.24, 2.45) is 0 Å². The van der Waals surface area contributed by atoms with Crippen molar-refractivity contribution in [2.45, 2.75) is 10.9 Å². The van der Waals surface area contributed by atoms with Crippen LogP contribution in [0.2, 0.25) is 0 Å². The minimum absolute atomic E-state index is 0.294. The van der Waals surface area contributed by atoms with Crippen LogP contribution in [0.4, 0.5) is 0 Å². The Morgan fingerprint density at radius 2 is 2.29 bits per heavy atom. The van der Waals surface area contributed by atoms with Gasteiger partial charge in [0.05, 0.1) is 0 Å². The number of hydrogen-bond acceptors (Lipinski definition) is 5. The van der Waals surface area contributed by atoms with Gasteiger partial charge in [0.1, 0.15) is 6.04 Å². The van der Waals surface area contributed by atoms with Crippen LogP contribution in [0.25, 0.3) is 0 Å². The maximum Gasteiger partial charge on any atom is 0.335 e. The van der Waals surface area contributed by atoms with E-state index in [2.05, 4.69) is 5.32 Å². The quantitative estimate of drug-likeness (QED) is 0.630. The molecule has 1 saturated heterocycles. The van der Waals surface area contributed by atoms with E-state index in [1.807, 2.05) is 0 Å². The van der Waals surface area contributed by atoms with Gasteiger partial charge in [-0.1, -0.05) is 0 Å². The highest BCUT2D eigenvalue weighted by molar-refractivity contribution is 8.04. The molecule has 5 nitrogen and oxygen atoms in total. The van der Waals surface area contributed by atoms with Gasteiger partial charge in [0.2, 0.25) is 0 Å². The van der Waals surface area contributed by atoms with Gasteiger partial charge in [-0.05, 0) is 6.26 Å². The first-order chi connectivity index (χ1) is 6.52. The fraction of sp³-hybridized carbons (Fsp3) is 0.714. The second-order valence-corrected chi connectivity index (χ2v) is 5.10. The molecule has 2 atom stereocenters. The Morgan fingerprint density at radius 1 is 1.64 bits per heavy atom. The molecule has 1 fully saturated rings. The van der Waals surface area contributed by atoms with Crippen molar-refractivity contribution >= 4 is 35.5 Å². The lowest BCUT2D eigenvalue weighted by molar-refractivity contribution is -0.141. The molecule has 0 bridgehead atoms. The number of carboxylic acids is 2. The summed E-state index contributed by atoms with van der Waals surface area (Å²) in [6.45, 7) is 0. The van der Waals surface area contributed by atoms with Crippen molar-refractivity contribution < 1.29 is 19.8 Å². The molecule has 0 aliphatic carbocycles. The maximum absolute atomic E-state index is 11.0. The summed E-state index contributed by atoms with van der Waals surface area (Å²) >= 11 is 2.53. The number of carboxylic acid groups (broad SMARTS) is 2. The first-order valence-electron chi connectivity index (χ1n) is 3.88. The predicted molar refractivity (Wildman–Crippen MR) is 55.8 cm³/mol. The van der Waals surface area contributed by atoms with Crippen LogP contribution in [0.1, 0.15) is 0 Å². The summed E-state index contributed by atoms with van der Waals surface area (Å²) in [6.07, 6.45) is 1.79. The third kappa shape index (κ3) is 2.15. The molecule has 3 N–H and O–H groups in total. The van der Waals surface area contributed by atoms with Gasteiger partial charge in [0, 0.05) is 11.5 Å². The number of aliphatic carboxylic acids is 2. The van der Waals surface area contributed by atoms with Gasteiger partial charge in [-0.3, -0.25) is 10.1 Å². The number of thioether (sulfide) groups is 2. The average molecular weight is 237 g/mol. The van der Waals surface area contributed by atoms with Crippen LogP contribution in [0.3, 0.4) is 0 Å². The van der Waals surface area contributed by atoms with Crippen molar-refractivity contribution in [3.63, 3.8) is 0 Å². The van der Waals surface area contributed by atoms with E-state index in [0.29, 0.717) is 11.5 Å². The molecule has 7 heteroatoms. The molecule has 1 unspecified atom stereocenters. The molecule has 0 aromatic carbocycles. The van der Waals surface area contributed by atoms with Crippen LogP contribution in [-0.4, -0.2) is 50.8 Å². The van der Waals surface area contributed by atoms with Crippen LogP contribution in [0.5, 0.6) is 0 Å². The summed E-state index contributed by atoms with van der Waals surface area (Å²) in [5.41, 5.74) is 0. The molecule has 1 heterocycles. The van der Waals surface area contributed by atoms with E-state index in [-0.39, 0.29) is 0 Å². The van der Waals surface area contributed by atoms with Gasteiger partial charge in [0.15, 0.2) is 4.87 Å². The second-order valence-electron chi connectivity index (χ2n) is 2.91. The number of carbonyl (C=O) groups is 2. The fourth-order valence-electron chi connectivity index (χ4n) is 1.20. The molecule has 80 valence electrons. The molecule has 0 aromatic heterocycles. The van der Waals surface area contributed by atoms with Gasteiger partial charge in [0.25, 0.3) is 0 Å². The van der Waals surface area contributed by atoms with E-state index in [1.54, 1.807) is 6.26 Å². The highest BCUT2D eigenvalue weighted by Crippen LogP contribution is 2.33.